The Morgan fingerprint density at radius 1 is 1.00 bits per heavy atom. The Labute approximate surface area is 290 Å². The second-order valence-corrected chi connectivity index (χ2v) is 15.5. The van der Waals surface area contributed by atoms with E-state index in [-0.39, 0.29) is 24.3 Å². The Morgan fingerprint density at radius 3 is 2.35 bits per heavy atom. The Balaban J connectivity index is 1.56. The molecule has 3 saturated heterocycles. The number of carbonyl (C=O) groups is 3. The third-order valence-corrected chi connectivity index (χ3v) is 12.3. The van der Waals surface area contributed by atoms with Crippen molar-refractivity contribution in [1.82, 2.24) is 4.90 Å². The molecule has 3 aliphatic heterocycles. The number of amides is 3. The van der Waals surface area contributed by atoms with E-state index in [4.69, 9.17) is 4.74 Å². The van der Waals surface area contributed by atoms with Crippen molar-refractivity contribution in [1.29, 1.82) is 0 Å². The molecule has 3 amide bonds. The van der Waals surface area contributed by atoms with E-state index in [0.717, 1.165) is 53.9 Å². The van der Waals surface area contributed by atoms with Crippen LogP contribution in [0.5, 0.6) is 5.75 Å². The van der Waals surface area contributed by atoms with E-state index in [1.807, 2.05) is 63.2 Å². The SMILES string of the molecule is C=CCN(C(=O)[C@H]1[C@H]2C(=O)N(CCCCCCO)C(C(=O)N(CC=C)c3cc(C)ccc3C)C23CC[C@]1(C)S3)c1ccc(OCC)cc1. The monoisotopic (exact) mass is 673 g/mol. The molecule has 0 saturated carbocycles. The van der Waals surface area contributed by atoms with Crippen molar-refractivity contribution in [2.24, 2.45) is 11.8 Å². The maximum atomic E-state index is 15.1. The van der Waals surface area contributed by atoms with Gasteiger partial charge in [-0.25, -0.2) is 0 Å². The van der Waals surface area contributed by atoms with Crippen LogP contribution in [0.3, 0.4) is 0 Å². The quantitative estimate of drug-likeness (QED) is 0.162. The molecular weight excluding hydrogens is 623 g/mol. The summed E-state index contributed by atoms with van der Waals surface area (Å²) in [7, 11) is 0. The van der Waals surface area contributed by atoms with E-state index in [2.05, 4.69) is 20.1 Å². The highest BCUT2D eigenvalue weighted by atomic mass is 32.2. The third kappa shape index (κ3) is 6.43. The zero-order valence-electron chi connectivity index (χ0n) is 29.0. The molecule has 9 heteroatoms. The molecule has 2 bridgehead atoms. The van der Waals surface area contributed by atoms with Crippen LogP contribution in [-0.4, -0.2) is 76.1 Å². The first-order valence-electron chi connectivity index (χ1n) is 17.3. The van der Waals surface area contributed by atoms with Gasteiger partial charge < -0.3 is 24.5 Å². The van der Waals surface area contributed by atoms with E-state index >= 15 is 4.79 Å². The summed E-state index contributed by atoms with van der Waals surface area (Å²) >= 11 is 1.70. The highest BCUT2D eigenvalue weighted by Gasteiger charge is 2.77. The van der Waals surface area contributed by atoms with Gasteiger partial charge in [0.15, 0.2) is 0 Å². The van der Waals surface area contributed by atoms with Gasteiger partial charge in [-0.1, -0.05) is 37.1 Å². The van der Waals surface area contributed by atoms with Gasteiger partial charge in [-0.3, -0.25) is 14.4 Å². The number of fused-ring (bicyclic) bond motifs is 1. The Morgan fingerprint density at radius 2 is 1.69 bits per heavy atom. The molecule has 258 valence electrons. The molecule has 48 heavy (non-hydrogen) atoms. The second-order valence-electron chi connectivity index (χ2n) is 13.6. The topological polar surface area (TPSA) is 90.4 Å². The van der Waals surface area contributed by atoms with Crippen LogP contribution in [-0.2, 0) is 14.4 Å². The number of hydrogen-bond acceptors (Lipinski definition) is 6. The van der Waals surface area contributed by atoms with Gasteiger partial charge in [0.2, 0.25) is 11.8 Å². The lowest BCUT2D eigenvalue weighted by molar-refractivity contribution is -0.139. The normalized spacial score (nSPS) is 25.6. The van der Waals surface area contributed by atoms with Crippen molar-refractivity contribution >= 4 is 40.9 Å². The maximum absolute atomic E-state index is 15.1. The molecule has 8 nitrogen and oxygen atoms in total. The standard InChI is InChI=1S/C39H51N3O5S/c1-7-22-40(29-16-18-30(19-17-29)47-9-3)35(44)32-33-36(45)42(24-12-10-11-13-25-43)34(39(33)21-20-38(32,6)48-39)37(46)41(23-8-2)31-26-27(4)14-15-28(31)5/h7-8,14-19,26,32-34,43H,1-2,9-13,20-25H2,3-6H3/t32-,33+,34?,38+,39?/m1/s1. The van der Waals surface area contributed by atoms with Crippen LogP contribution in [0, 0.1) is 25.7 Å². The minimum atomic E-state index is -0.732. The van der Waals surface area contributed by atoms with Crippen LogP contribution in [0.1, 0.15) is 63.5 Å². The molecule has 3 heterocycles. The molecule has 2 aromatic rings. The predicted molar refractivity (Wildman–Crippen MR) is 195 cm³/mol. The average Bonchev–Trinajstić information content (AvgIpc) is 3.64. The van der Waals surface area contributed by atoms with Crippen LogP contribution in [0.25, 0.3) is 0 Å². The summed E-state index contributed by atoms with van der Waals surface area (Å²) in [5, 5.41) is 9.31. The highest BCUT2D eigenvalue weighted by Crippen LogP contribution is 2.71. The smallest absolute Gasteiger partial charge is 0.251 e. The molecule has 0 aromatic heterocycles. The third-order valence-electron chi connectivity index (χ3n) is 10.4. The van der Waals surface area contributed by atoms with E-state index in [9.17, 15) is 14.7 Å². The average molecular weight is 674 g/mol. The van der Waals surface area contributed by atoms with Crippen LogP contribution in [0.2, 0.25) is 0 Å². The fraction of sp³-hybridized carbons (Fsp3) is 0.513. The van der Waals surface area contributed by atoms with Gasteiger partial charge in [0, 0.05) is 42.4 Å². The lowest BCUT2D eigenvalue weighted by Gasteiger charge is -2.38. The number of hydrogen-bond donors (Lipinski definition) is 1. The fourth-order valence-electron chi connectivity index (χ4n) is 8.17. The number of ether oxygens (including phenoxy) is 1. The Hall–Kier alpha value is -3.56. The van der Waals surface area contributed by atoms with Crippen molar-refractivity contribution in [2.45, 2.75) is 81.8 Å². The summed E-state index contributed by atoms with van der Waals surface area (Å²) in [6.07, 6.45) is 7.99. The number of likely N-dealkylation sites (tertiary alicyclic amines) is 1. The highest BCUT2D eigenvalue weighted by molar-refractivity contribution is 8.02. The number of nitrogens with zero attached hydrogens (tertiary/aromatic N) is 3. The molecular formula is C39H51N3O5S. The summed E-state index contributed by atoms with van der Waals surface area (Å²) in [6, 6.07) is 12.8. The van der Waals surface area contributed by atoms with Crippen LogP contribution in [0.4, 0.5) is 11.4 Å². The summed E-state index contributed by atoms with van der Waals surface area (Å²) in [6.45, 7) is 17.7. The van der Waals surface area contributed by atoms with Gasteiger partial charge in [-0.15, -0.1) is 24.9 Å². The van der Waals surface area contributed by atoms with Gasteiger partial charge in [0.25, 0.3) is 5.91 Å². The molecule has 5 atom stereocenters. The zero-order chi connectivity index (χ0) is 34.6. The Bertz CT molecular complexity index is 1530. The zero-order valence-corrected chi connectivity index (χ0v) is 29.8. The first-order valence-corrected chi connectivity index (χ1v) is 18.1. The number of aryl methyl sites for hydroxylation is 2. The van der Waals surface area contributed by atoms with Crippen molar-refractivity contribution in [3.8, 4) is 5.75 Å². The van der Waals surface area contributed by atoms with Gasteiger partial charge in [0.05, 0.1) is 23.2 Å². The number of carbonyl (C=O) groups excluding carboxylic acids is 3. The van der Waals surface area contributed by atoms with Crippen molar-refractivity contribution in [3.63, 3.8) is 0 Å². The number of benzene rings is 2. The van der Waals surface area contributed by atoms with E-state index in [1.54, 1.807) is 38.6 Å². The number of thioether (sulfide) groups is 1. The largest absolute Gasteiger partial charge is 0.494 e. The molecule has 2 aromatic carbocycles. The van der Waals surface area contributed by atoms with Crippen LogP contribution < -0.4 is 14.5 Å². The number of aliphatic hydroxyl groups is 1. The Kier molecular flexibility index (Phi) is 11.1. The number of rotatable bonds is 16. The van der Waals surface area contributed by atoms with E-state index < -0.39 is 27.4 Å². The lowest BCUT2D eigenvalue weighted by atomic mass is 9.66. The number of anilines is 2. The van der Waals surface area contributed by atoms with Gasteiger partial charge in [0.1, 0.15) is 11.8 Å². The minimum Gasteiger partial charge on any atom is -0.494 e. The lowest BCUT2D eigenvalue weighted by Crippen LogP contribution is -2.55. The summed E-state index contributed by atoms with van der Waals surface area (Å²) in [4.78, 5) is 50.0. The van der Waals surface area contributed by atoms with E-state index in [0.29, 0.717) is 39.1 Å². The molecule has 1 spiro atoms. The van der Waals surface area contributed by atoms with Gasteiger partial charge in [-0.05, 0) is 94.8 Å². The van der Waals surface area contributed by atoms with E-state index in [1.165, 1.54) is 0 Å². The summed E-state index contributed by atoms with van der Waals surface area (Å²) in [5.41, 5.74) is 3.56. The first kappa shape index (κ1) is 35.7. The maximum Gasteiger partial charge on any atom is 0.251 e. The molecule has 2 unspecified atom stereocenters. The molecule has 1 N–H and O–H groups in total. The van der Waals surface area contributed by atoms with Crippen LogP contribution >= 0.6 is 11.8 Å². The summed E-state index contributed by atoms with van der Waals surface area (Å²) < 4.78 is 4.40. The van der Waals surface area contributed by atoms with Crippen molar-refractivity contribution < 1.29 is 24.2 Å². The minimum absolute atomic E-state index is 0.102. The first-order chi connectivity index (χ1) is 23.1. The van der Waals surface area contributed by atoms with Crippen molar-refractivity contribution in [3.05, 3.63) is 78.9 Å². The molecule has 0 aliphatic carbocycles. The molecule has 0 radical (unpaired) electrons. The van der Waals surface area contributed by atoms with Gasteiger partial charge >= 0.3 is 0 Å². The predicted octanol–water partition coefficient (Wildman–Crippen LogP) is 6.47. The van der Waals surface area contributed by atoms with Crippen molar-refractivity contribution in [2.75, 3.05) is 42.6 Å². The second kappa shape index (κ2) is 14.9. The van der Waals surface area contributed by atoms with Crippen LogP contribution in [0.15, 0.2) is 67.8 Å². The molecule has 3 fully saturated rings. The molecule has 3 aliphatic rings. The summed E-state index contributed by atoms with van der Waals surface area (Å²) in [5.74, 6) is -0.826. The number of unbranched alkanes of at least 4 members (excludes halogenated alkanes) is 3. The molecule has 5 rings (SSSR count). The fourth-order valence-corrected chi connectivity index (χ4v) is 10.5. The number of aliphatic hydroxyl groups excluding tert-OH is 1. The van der Waals surface area contributed by atoms with Gasteiger partial charge in [-0.2, -0.15) is 0 Å².